The summed E-state index contributed by atoms with van der Waals surface area (Å²) in [5.74, 6) is 0.196. The first-order valence-electron chi connectivity index (χ1n) is 9.26. The first-order chi connectivity index (χ1) is 14.4. The van der Waals surface area contributed by atoms with E-state index in [1.54, 1.807) is 60.7 Å². The molecule has 0 saturated heterocycles. The standard InChI is InChI=1S/C22H21ClN2O4S/c1-2-29-20-13-11-18(12-14-20)24-22(26)16-25(19-8-6-7-17(23)15-19)30(27,28)21-9-4-3-5-10-21/h3-15H,2,16H2,1H3,(H,24,26). The minimum absolute atomic E-state index is 0.0823. The van der Waals surface area contributed by atoms with Crippen LogP contribution in [0, 0.1) is 0 Å². The number of nitrogens with zero attached hydrogens (tertiary/aromatic N) is 1. The molecule has 30 heavy (non-hydrogen) atoms. The quantitative estimate of drug-likeness (QED) is 0.552. The van der Waals surface area contributed by atoms with E-state index in [4.69, 9.17) is 16.3 Å². The molecule has 3 aromatic carbocycles. The monoisotopic (exact) mass is 444 g/mol. The topological polar surface area (TPSA) is 75.7 Å². The Labute approximate surface area is 181 Å². The van der Waals surface area contributed by atoms with Crippen LogP contribution in [0.4, 0.5) is 11.4 Å². The van der Waals surface area contributed by atoms with Gasteiger partial charge in [0.1, 0.15) is 12.3 Å². The molecule has 0 unspecified atom stereocenters. The fourth-order valence-corrected chi connectivity index (χ4v) is 4.42. The highest BCUT2D eigenvalue weighted by atomic mass is 35.5. The fraction of sp³-hybridized carbons (Fsp3) is 0.136. The number of sulfonamides is 1. The number of nitrogens with one attached hydrogen (secondary N) is 1. The van der Waals surface area contributed by atoms with E-state index in [1.807, 2.05) is 6.92 Å². The van der Waals surface area contributed by atoms with E-state index < -0.39 is 22.5 Å². The molecule has 0 aliphatic heterocycles. The van der Waals surface area contributed by atoms with Gasteiger partial charge in [0.25, 0.3) is 10.0 Å². The van der Waals surface area contributed by atoms with E-state index in [2.05, 4.69) is 5.32 Å². The molecule has 0 bridgehead atoms. The molecular weight excluding hydrogens is 424 g/mol. The summed E-state index contributed by atoms with van der Waals surface area (Å²) in [5, 5.41) is 3.08. The number of halogens is 1. The highest BCUT2D eigenvalue weighted by Crippen LogP contribution is 2.26. The van der Waals surface area contributed by atoms with Crippen molar-refractivity contribution in [2.24, 2.45) is 0 Å². The number of amides is 1. The van der Waals surface area contributed by atoms with Crippen molar-refractivity contribution in [2.45, 2.75) is 11.8 Å². The average molecular weight is 445 g/mol. The second-order valence-electron chi connectivity index (χ2n) is 6.31. The summed E-state index contributed by atoms with van der Waals surface area (Å²) in [6.45, 7) is 2.01. The number of anilines is 2. The zero-order chi connectivity index (χ0) is 21.6. The molecule has 6 nitrogen and oxygen atoms in total. The number of benzene rings is 3. The maximum absolute atomic E-state index is 13.2. The molecule has 0 spiro atoms. The Morgan fingerprint density at radius 1 is 1.00 bits per heavy atom. The normalized spacial score (nSPS) is 11.0. The number of carbonyl (C=O) groups excluding carboxylic acids is 1. The number of hydrogen-bond acceptors (Lipinski definition) is 4. The molecule has 0 atom stereocenters. The highest BCUT2D eigenvalue weighted by Gasteiger charge is 2.27. The van der Waals surface area contributed by atoms with Crippen molar-refractivity contribution >= 4 is 38.9 Å². The lowest BCUT2D eigenvalue weighted by Crippen LogP contribution is -2.38. The van der Waals surface area contributed by atoms with Crippen LogP contribution < -0.4 is 14.4 Å². The Balaban J connectivity index is 1.86. The Bertz CT molecular complexity index is 1100. The third kappa shape index (κ3) is 5.31. The van der Waals surface area contributed by atoms with Crippen LogP contribution in [0.3, 0.4) is 0 Å². The molecule has 3 aromatic rings. The second kappa shape index (κ2) is 9.65. The summed E-state index contributed by atoms with van der Waals surface area (Å²) in [6.07, 6.45) is 0. The lowest BCUT2D eigenvalue weighted by atomic mass is 10.3. The third-order valence-corrected chi connectivity index (χ3v) is 6.19. The Morgan fingerprint density at radius 3 is 2.33 bits per heavy atom. The van der Waals surface area contributed by atoms with Gasteiger partial charge in [-0.1, -0.05) is 35.9 Å². The van der Waals surface area contributed by atoms with Crippen molar-refractivity contribution in [3.8, 4) is 5.75 Å². The van der Waals surface area contributed by atoms with Crippen molar-refractivity contribution in [3.05, 3.63) is 83.9 Å². The molecule has 1 N–H and O–H groups in total. The van der Waals surface area contributed by atoms with Gasteiger partial charge < -0.3 is 10.1 Å². The molecule has 0 aliphatic carbocycles. The molecular formula is C22H21ClN2O4S. The van der Waals surface area contributed by atoms with Gasteiger partial charge in [-0.15, -0.1) is 0 Å². The molecule has 3 rings (SSSR count). The van der Waals surface area contributed by atoms with Crippen molar-refractivity contribution in [1.82, 2.24) is 0 Å². The summed E-state index contributed by atoms with van der Waals surface area (Å²) in [7, 11) is -3.98. The van der Waals surface area contributed by atoms with Crippen LogP contribution in [0.25, 0.3) is 0 Å². The number of carbonyl (C=O) groups is 1. The predicted octanol–water partition coefficient (Wildman–Crippen LogP) is 4.57. The van der Waals surface area contributed by atoms with Gasteiger partial charge in [0.2, 0.25) is 5.91 Å². The SMILES string of the molecule is CCOc1ccc(NC(=O)CN(c2cccc(Cl)c2)S(=O)(=O)c2ccccc2)cc1. The van der Waals surface area contributed by atoms with E-state index in [-0.39, 0.29) is 4.90 Å². The second-order valence-corrected chi connectivity index (χ2v) is 8.61. The van der Waals surface area contributed by atoms with Crippen LogP contribution in [0.1, 0.15) is 6.92 Å². The van der Waals surface area contributed by atoms with Crippen LogP contribution in [0.2, 0.25) is 5.02 Å². The fourth-order valence-electron chi connectivity index (χ4n) is 2.80. The third-order valence-electron chi connectivity index (χ3n) is 4.16. The van der Waals surface area contributed by atoms with Crippen LogP contribution in [0.15, 0.2) is 83.8 Å². The maximum Gasteiger partial charge on any atom is 0.264 e. The summed E-state index contributed by atoms with van der Waals surface area (Å²) in [6, 6.07) is 21.2. The van der Waals surface area contributed by atoms with Gasteiger partial charge in [-0.3, -0.25) is 9.10 Å². The van der Waals surface area contributed by atoms with Gasteiger partial charge in [-0.2, -0.15) is 0 Å². The lowest BCUT2D eigenvalue weighted by molar-refractivity contribution is -0.114. The van der Waals surface area contributed by atoms with Crippen LogP contribution in [-0.2, 0) is 14.8 Å². The van der Waals surface area contributed by atoms with Crippen molar-refractivity contribution < 1.29 is 17.9 Å². The largest absolute Gasteiger partial charge is 0.494 e. The van der Waals surface area contributed by atoms with E-state index in [0.717, 1.165) is 4.31 Å². The number of hydrogen-bond donors (Lipinski definition) is 1. The summed E-state index contributed by atoms with van der Waals surface area (Å²) < 4.78 is 32.9. The van der Waals surface area contributed by atoms with E-state index in [1.165, 1.54) is 18.2 Å². The van der Waals surface area contributed by atoms with Gasteiger partial charge in [0.15, 0.2) is 0 Å². The first kappa shape index (κ1) is 21.7. The molecule has 1 amide bonds. The zero-order valence-corrected chi connectivity index (χ0v) is 17.9. The highest BCUT2D eigenvalue weighted by molar-refractivity contribution is 7.92. The summed E-state index contributed by atoms with van der Waals surface area (Å²) in [4.78, 5) is 12.8. The van der Waals surface area contributed by atoms with Gasteiger partial charge in [-0.25, -0.2) is 8.42 Å². The molecule has 0 aliphatic rings. The van der Waals surface area contributed by atoms with Gasteiger partial charge in [0, 0.05) is 10.7 Å². The Hall–Kier alpha value is -3.03. The lowest BCUT2D eigenvalue weighted by Gasteiger charge is -2.24. The molecule has 0 heterocycles. The number of ether oxygens (including phenoxy) is 1. The van der Waals surface area contributed by atoms with Crippen LogP contribution >= 0.6 is 11.6 Å². The minimum Gasteiger partial charge on any atom is -0.494 e. The predicted molar refractivity (Wildman–Crippen MR) is 119 cm³/mol. The molecule has 156 valence electrons. The number of rotatable bonds is 8. The van der Waals surface area contributed by atoms with Gasteiger partial charge >= 0.3 is 0 Å². The molecule has 8 heteroatoms. The molecule has 0 fully saturated rings. The summed E-state index contributed by atoms with van der Waals surface area (Å²) >= 11 is 6.06. The maximum atomic E-state index is 13.2. The van der Waals surface area contributed by atoms with Crippen molar-refractivity contribution in [2.75, 3.05) is 22.8 Å². The molecule has 0 saturated carbocycles. The van der Waals surface area contributed by atoms with Crippen LogP contribution in [0.5, 0.6) is 5.75 Å². The van der Waals surface area contributed by atoms with E-state index in [0.29, 0.717) is 28.8 Å². The molecule has 0 radical (unpaired) electrons. The molecule has 0 aromatic heterocycles. The Morgan fingerprint density at radius 2 is 1.70 bits per heavy atom. The summed E-state index contributed by atoms with van der Waals surface area (Å²) in [5.41, 5.74) is 0.833. The minimum atomic E-state index is -3.98. The Kier molecular flexibility index (Phi) is 6.97. The van der Waals surface area contributed by atoms with Gasteiger partial charge in [0.05, 0.1) is 17.2 Å². The van der Waals surface area contributed by atoms with Crippen molar-refractivity contribution in [1.29, 1.82) is 0 Å². The van der Waals surface area contributed by atoms with Crippen molar-refractivity contribution in [3.63, 3.8) is 0 Å². The van der Waals surface area contributed by atoms with E-state index in [9.17, 15) is 13.2 Å². The smallest absolute Gasteiger partial charge is 0.264 e. The first-order valence-corrected chi connectivity index (χ1v) is 11.1. The van der Waals surface area contributed by atoms with E-state index >= 15 is 0 Å². The zero-order valence-electron chi connectivity index (χ0n) is 16.3. The van der Waals surface area contributed by atoms with Gasteiger partial charge in [-0.05, 0) is 61.5 Å². The average Bonchev–Trinajstić information content (AvgIpc) is 2.74. The van der Waals surface area contributed by atoms with Crippen LogP contribution in [-0.4, -0.2) is 27.5 Å².